The summed E-state index contributed by atoms with van der Waals surface area (Å²) in [5, 5.41) is 9.85. The molecule has 62 heavy (non-hydrogen) atoms. The Morgan fingerprint density at radius 1 is 0.726 bits per heavy atom. The molecule has 0 aliphatic rings. The lowest BCUT2D eigenvalue weighted by Crippen LogP contribution is -2.37. The number of hydrogen-bond donors (Lipinski definition) is 1. The molecular formula is C50H82NO10P. The van der Waals surface area contributed by atoms with E-state index in [-0.39, 0.29) is 26.1 Å². The third-order valence-electron chi connectivity index (χ3n) is 10.0. The van der Waals surface area contributed by atoms with Gasteiger partial charge in [-0.1, -0.05) is 125 Å². The van der Waals surface area contributed by atoms with Crippen LogP contribution in [0.4, 0.5) is 0 Å². The van der Waals surface area contributed by atoms with Gasteiger partial charge in [-0.05, 0) is 82.8 Å². The summed E-state index contributed by atoms with van der Waals surface area (Å²) in [4.78, 5) is 37.7. The average molecular weight is 888 g/mol. The van der Waals surface area contributed by atoms with Gasteiger partial charge in [0.05, 0.1) is 33.9 Å². The third-order valence-corrected chi connectivity index (χ3v) is 11.0. The van der Waals surface area contributed by atoms with Gasteiger partial charge in [-0.15, -0.1) is 0 Å². The summed E-state index contributed by atoms with van der Waals surface area (Å²) in [6.45, 7) is 8.11. The molecule has 1 aromatic heterocycles. The molecule has 352 valence electrons. The molecule has 0 fully saturated rings. The first-order valence-corrected chi connectivity index (χ1v) is 24.6. The minimum atomic E-state index is -4.67. The SMILES string of the molecule is CC/C=C\CC(O)/C=C/C=C/C/C=C\C/C=C\C/C=C\CCC(=O)OC[C@H](COP(=O)([O-])OCC[N+](C)(C)C)OC(=O)CCCCCCCCCCc1oc(CCC)c(C)c1C. The maximum absolute atomic E-state index is 12.7. The van der Waals surface area contributed by atoms with Gasteiger partial charge in [0, 0.05) is 25.7 Å². The summed E-state index contributed by atoms with van der Waals surface area (Å²) in [6, 6.07) is 0. The highest BCUT2D eigenvalue weighted by molar-refractivity contribution is 7.45. The molecule has 0 aromatic carbocycles. The van der Waals surface area contributed by atoms with E-state index in [4.69, 9.17) is 22.9 Å². The van der Waals surface area contributed by atoms with Gasteiger partial charge in [-0.3, -0.25) is 14.2 Å². The maximum Gasteiger partial charge on any atom is 0.306 e. The fraction of sp³-hybridized carbons (Fsp3) is 0.640. The third kappa shape index (κ3) is 31.5. The van der Waals surface area contributed by atoms with Gasteiger partial charge in [0.1, 0.15) is 31.3 Å². The number of quaternary nitrogens is 1. The molecular weight excluding hydrogens is 806 g/mol. The summed E-state index contributed by atoms with van der Waals surface area (Å²) in [7, 11) is 1.07. The number of rotatable bonds is 37. The van der Waals surface area contributed by atoms with Crippen molar-refractivity contribution < 1.29 is 51.6 Å². The molecule has 0 aliphatic heterocycles. The molecule has 1 aromatic rings. The Hall–Kier alpha value is -3.31. The van der Waals surface area contributed by atoms with Crippen LogP contribution in [-0.2, 0) is 45.5 Å². The number of carbonyl (C=O) groups is 2. The number of ether oxygens (including phenoxy) is 2. The van der Waals surface area contributed by atoms with Crippen LogP contribution >= 0.6 is 7.82 Å². The van der Waals surface area contributed by atoms with Crippen molar-refractivity contribution >= 4 is 19.8 Å². The lowest BCUT2D eigenvalue weighted by molar-refractivity contribution is -0.870. The average Bonchev–Trinajstić information content (AvgIpc) is 3.48. The van der Waals surface area contributed by atoms with Crippen LogP contribution in [0.25, 0.3) is 0 Å². The Bertz CT molecular complexity index is 1580. The lowest BCUT2D eigenvalue weighted by atomic mass is 10.0. The number of esters is 2. The molecule has 12 heteroatoms. The molecule has 1 heterocycles. The number of unbranched alkanes of at least 4 members (excludes halogenated alkanes) is 7. The standard InChI is InChI=1S/C50H82NO10P/c1-8-10-28-34-45(52)35-29-24-20-16-14-12-11-13-15-17-22-26-31-37-49(53)57-41-46(42-59-62(55,56)58-40-39-51(5,6)7)60-50(54)38-32-27-23-19-18-21-25-30-36-48-44(4)43(3)47(61-48)33-9-2/h10,12-15,20,22,24,26,28-29,35,45-46,52H,8-9,11,16-19,21,23,25,27,30-34,36-42H2,1-7H3/b14-12-,15-13-,24-20+,26-22-,28-10-,35-29+/t45?,46-/m1/s1. The number of hydrogen-bond acceptors (Lipinski definition) is 10. The first-order valence-electron chi connectivity index (χ1n) is 23.1. The Labute approximate surface area is 375 Å². The second-order valence-electron chi connectivity index (χ2n) is 16.8. The van der Waals surface area contributed by atoms with E-state index in [0.717, 1.165) is 95.0 Å². The number of furan rings is 1. The second kappa shape index (κ2) is 35.1. The van der Waals surface area contributed by atoms with Crippen LogP contribution in [0.2, 0.25) is 0 Å². The Kier molecular flexibility index (Phi) is 32.1. The van der Waals surface area contributed by atoms with E-state index in [1.165, 1.54) is 17.5 Å². The van der Waals surface area contributed by atoms with Crippen molar-refractivity contribution in [2.24, 2.45) is 0 Å². The quantitative estimate of drug-likeness (QED) is 0.0171. The minimum Gasteiger partial charge on any atom is -0.756 e. The number of phosphoric acid groups is 1. The zero-order chi connectivity index (χ0) is 45.9. The van der Waals surface area contributed by atoms with E-state index in [2.05, 4.69) is 52.0 Å². The van der Waals surface area contributed by atoms with Crippen LogP contribution in [0.3, 0.4) is 0 Å². The summed E-state index contributed by atoms with van der Waals surface area (Å²) in [5.74, 6) is 1.29. The molecule has 0 amide bonds. The van der Waals surface area contributed by atoms with E-state index in [9.17, 15) is 24.2 Å². The van der Waals surface area contributed by atoms with Crippen LogP contribution in [0.5, 0.6) is 0 Å². The smallest absolute Gasteiger partial charge is 0.306 e. The monoisotopic (exact) mass is 888 g/mol. The van der Waals surface area contributed by atoms with Gasteiger partial charge in [-0.2, -0.15) is 0 Å². The van der Waals surface area contributed by atoms with Crippen molar-refractivity contribution in [2.45, 2.75) is 162 Å². The Morgan fingerprint density at radius 2 is 1.32 bits per heavy atom. The second-order valence-corrected chi connectivity index (χ2v) is 18.2. The molecule has 0 spiro atoms. The predicted molar refractivity (Wildman–Crippen MR) is 250 cm³/mol. The van der Waals surface area contributed by atoms with Gasteiger partial charge in [0.25, 0.3) is 7.82 Å². The maximum atomic E-state index is 12.7. The molecule has 0 saturated heterocycles. The van der Waals surface area contributed by atoms with Crippen molar-refractivity contribution in [1.29, 1.82) is 0 Å². The Balaban J connectivity index is 2.39. The van der Waals surface area contributed by atoms with Crippen molar-refractivity contribution in [3.8, 4) is 0 Å². The fourth-order valence-electron chi connectivity index (χ4n) is 6.16. The van der Waals surface area contributed by atoms with Crippen LogP contribution in [0.1, 0.15) is 146 Å². The summed E-state index contributed by atoms with van der Waals surface area (Å²) in [6.07, 6.45) is 38.4. The highest BCUT2D eigenvalue weighted by Gasteiger charge is 2.22. The predicted octanol–water partition coefficient (Wildman–Crippen LogP) is 11.0. The summed E-state index contributed by atoms with van der Waals surface area (Å²) in [5.41, 5.74) is 2.61. The number of aryl methyl sites for hydroxylation is 2. The van der Waals surface area contributed by atoms with E-state index in [1.807, 2.05) is 63.7 Å². The van der Waals surface area contributed by atoms with E-state index >= 15 is 0 Å². The summed E-state index contributed by atoms with van der Waals surface area (Å²) < 4.78 is 40.0. The number of aliphatic hydroxyl groups is 1. The largest absolute Gasteiger partial charge is 0.756 e. The van der Waals surface area contributed by atoms with Crippen molar-refractivity contribution in [2.75, 3.05) is 47.5 Å². The van der Waals surface area contributed by atoms with Crippen molar-refractivity contribution in [1.82, 2.24) is 0 Å². The van der Waals surface area contributed by atoms with Gasteiger partial charge in [0.15, 0.2) is 6.10 Å². The van der Waals surface area contributed by atoms with E-state index in [1.54, 1.807) is 6.08 Å². The zero-order valence-electron chi connectivity index (χ0n) is 39.4. The number of likely N-dealkylation sites (N-methyl/N-ethyl adjacent to an activating group) is 1. The van der Waals surface area contributed by atoms with Crippen molar-refractivity contribution in [3.05, 3.63) is 95.6 Å². The van der Waals surface area contributed by atoms with Gasteiger partial charge in [0.2, 0.25) is 0 Å². The molecule has 1 N–H and O–H groups in total. The first-order chi connectivity index (χ1) is 29.7. The van der Waals surface area contributed by atoms with Crippen LogP contribution in [0, 0.1) is 13.8 Å². The van der Waals surface area contributed by atoms with E-state index in [0.29, 0.717) is 30.3 Å². The molecule has 11 nitrogen and oxygen atoms in total. The van der Waals surface area contributed by atoms with Gasteiger partial charge >= 0.3 is 11.9 Å². The lowest BCUT2D eigenvalue weighted by Gasteiger charge is -2.28. The molecule has 0 aliphatic carbocycles. The van der Waals surface area contributed by atoms with Gasteiger partial charge in [-0.25, -0.2) is 0 Å². The molecule has 0 saturated carbocycles. The molecule has 3 atom stereocenters. The number of carbonyl (C=O) groups excluding carboxylic acids is 2. The summed E-state index contributed by atoms with van der Waals surface area (Å²) >= 11 is 0. The minimum absolute atomic E-state index is 0.0595. The molecule has 0 bridgehead atoms. The highest BCUT2D eigenvalue weighted by atomic mass is 31.2. The van der Waals surface area contributed by atoms with Crippen LogP contribution in [-0.4, -0.2) is 81.2 Å². The van der Waals surface area contributed by atoms with Crippen LogP contribution < -0.4 is 4.89 Å². The highest BCUT2D eigenvalue weighted by Crippen LogP contribution is 2.38. The first kappa shape index (κ1) is 56.7. The molecule has 1 rings (SSSR count). The van der Waals surface area contributed by atoms with E-state index < -0.39 is 38.6 Å². The fourth-order valence-corrected chi connectivity index (χ4v) is 6.89. The normalized spacial score (nSPS) is 14.7. The number of aliphatic hydroxyl groups excluding tert-OH is 1. The van der Waals surface area contributed by atoms with Gasteiger partial charge < -0.3 is 37.4 Å². The van der Waals surface area contributed by atoms with Crippen molar-refractivity contribution in [3.63, 3.8) is 0 Å². The topological polar surface area (TPSA) is 145 Å². The molecule has 2 unspecified atom stereocenters. The number of phosphoric ester groups is 1. The molecule has 0 radical (unpaired) electrons. The Morgan fingerprint density at radius 3 is 1.95 bits per heavy atom. The number of allylic oxidation sites excluding steroid dienone is 10. The number of nitrogens with zero attached hydrogens (tertiary/aromatic N) is 1. The van der Waals surface area contributed by atoms with Crippen LogP contribution in [0.15, 0.2) is 77.3 Å². The zero-order valence-corrected chi connectivity index (χ0v) is 40.3.